The van der Waals surface area contributed by atoms with Gasteiger partial charge in [-0.1, -0.05) is 25.0 Å². The van der Waals surface area contributed by atoms with Gasteiger partial charge < -0.3 is 10.4 Å². The average Bonchev–Trinajstić information content (AvgIpc) is 2.47. The van der Waals surface area contributed by atoms with Gasteiger partial charge in [0.25, 0.3) is 5.91 Å². The molecule has 1 saturated carbocycles. The van der Waals surface area contributed by atoms with Crippen LogP contribution in [-0.2, 0) is 5.75 Å². The van der Waals surface area contributed by atoms with Gasteiger partial charge in [0.15, 0.2) is 0 Å². The Kier molecular flexibility index (Phi) is 5.92. The topological polar surface area (TPSA) is 49.3 Å². The van der Waals surface area contributed by atoms with Gasteiger partial charge >= 0.3 is 0 Å². The smallest absolute Gasteiger partial charge is 0.251 e. The highest BCUT2D eigenvalue weighted by molar-refractivity contribution is 7.97. The van der Waals surface area contributed by atoms with Crippen LogP contribution in [0, 0.1) is 5.92 Å². The quantitative estimate of drug-likeness (QED) is 0.877. The number of aliphatic hydroxyl groups is 1. The fourth-order valence-electron chi connectivity index (χ4n) is 2.72. The summed E-state index contributed by atoms with van der Waals surface area (Å²) in [6, 6.07) is 7.76. The number of carbonyl (C=O) groups excluding carboxylic acids is 1. The van der Waals surface area contributed by atoms with Crippen LogP contribution >= 0.6 is 11.8 Å². The summed E-state index contributed by atoms with van der Waals surface area (Å²) < 4.78 is 0. The van der Waals surface area contributed by atoms with Crippen LogP contribution in [0.2, 0.25) is 0 Å². The molecule has 0 radical (unpaired) electrons. The van der Waals surface area contributed by atoms with Crippen LogP contribution in [0.4, 0.5) is 0 Å². The summed E-state index contributed by atoms with van der Waals surface area (Å²) in [4.78, 5) is 12.2. The second-order valence-corrected chi connectivity index (χ2v) is 6.32. The molecule has 2 N–H and O–H groups in total. The fraction of sp³-hybridized carbons (Fsp3) is 0.562. The molecule has 0 aromatic heterocycles. The van der Waals surface area contributed by atoms with E-state index < -0.39 is 0 Å². The normalized spacial score (nSPS) is 22.5. The lowest BCUT2D eigenvalue weighted by molar-refractivity contribution is 0.0663. The van der Waals surface area contributed by atoms with Crippen LogP contribution in [0.25, 0.3) is 0 Å². The lowest BCUT2D eigenvalue weighted by Crippen LogP contribution is -2.36. The molecule has 0 bridgehead atoms. The summed E-state index contributed by atoms with van der Waals surface area (Å²) in [6.45, 7) is 0.576. The third kappa shape index (κ3) is 4.25. The van der Waals surface area contributed by atoms with Crippen molar-refractivity contribution < 1.29 is 9.90 Å². The molecular formula is C16H23NO2S. The Morgan fingerprint density at radius 1 is 1.40 bits per heavy atom. The maximum Gasteiger partial charge on any atom is 0.251 e. The number of nitrogens with one attached hydrogen (secondary N) is 1. The number of carbonyl (C=O) groups is 1. The van der Waals surface area contributed by atoms with E-state index >= 15 is 0 Å². The van der Waals surface area contributed by atoms with Gasteiger partial charge in [0, 0.05) is 23.8 Å². The molecule has 3 nitrogen and oxygen atoms in total. The van der Waals surface area contributed by atoms with E-state index in [0.29, 0.717) is 12.1 Å². The van der Waals surface area contributed by atoms with Gasteiger partial charge in [-0.2, -0.15) is 11.8 Å². The zero-order valence-electron chi connectivity index (χ0n) is 12.0. The molecule has 0 saturated heterocycles. The number of benzene rings is 1. The molecule has 0 aliphatic heterocycles. The van der Waals surface area contributed by atoms with Crippen LogP contribution in [0.1, 0.15) is 41.6 Å². The lowest BCUT2D eigenvalue weighted by atomic mass is 9.86. The molecule has 2 unspecified atom stereocenters. The molecule has 1 aliphatic rings. The summed E-state index contributed by atoms with van der Waals surface area (Å²) in [5, 5.41) is 12.9. The van der Waals surface area contributed by atoms with Crippen molar-refractivity contribution in [3.05, 3.63) is 35.4 Å². The maximum absolute atomic E-state index is 12.2. The first-order valence-corrected chi connectivity index (χ1v) is 8.64. The van der Waals surface area contributed by atoms with E-state index in [2.05, 4.69) is 11.6 Å². The third-order valence-electron chi connectivity index (χ3n) is 3.89. The SMILES string of the molecule is CSCc1cccc(C(=O)NCC2CCCCC2O)c1. The first-order chi connectivity index (χ1) is 9.70. The monoisotopic (exact) mass is 293 g/mol. The highest BCUT2D eigenvalue weighted by Crippen LogP contribution is 2.23. The molecule has 1 aromatic carbocycles. The van der Waals surface area contributed by atoms with Crippen LogP contribution < -0.4 is 5.32 Å². The molecule has 0 spiro atoms. The van der Waals surface area contributed by atoms with Gasteiger partial charge in [-0.05, 0) is 36.8 Å². The number of amides is 1. The van der Waals surface area contributed by atoms with Gasteiger partial charge in [0.2, 0.25) is 0 Å². The molecule has 20 heavy (non-hydrogen) atoms. The lowest BCUT2D eigenvalue weighted by Gasteiger charge is -2.27. The predicted octanol–water partition coefficient (Wildman–Crippen LogP) is 2.83. The second kappa shape index (κ2) is 7.70. The Balaban J connectivity index is 1.89. The number of rotatable bonds is 5. The Morgan fingerprint density at radius 2 is 2.20 bits per heavy atom. The van der Waals surface area contributed by atoms with E-state index in [9.17, 15) is 9.90 Å². The van der Waals surface area contributed by atoms with E-state index in [4.69, 9.17) is 0 Å². The zero-order valence-corrected chi connectivity index (χ0v) is 12.8. The van der Waals surface area contributed by atoms with Crippen LogP contribution in [0.3, 0.4) is 0 Å². The average molecular weight is 293 g/mol. The van der Waals surface area contributed by atoms with Crippen molar-refractivity contribution in [1.29, 1.82) is 0 Å². The minimum Gasteiger partial charge on any atom is -0.393 e. The predicted molar refractivity (Wildman–Crippen MR) is 84.0 cm³/mol. The zero-order chi connectivity index (χ0) is 14.4. The van der Waals surface area contributed by atoms with Crippen LogP contribution in [0.15, 0.2) is 24.3 Å². The van der Waals surface area contributed by atoms with E-state index in [-0.39, 0.29) is 17.9 Å². The molecule has 0 heterocycles. The minimum atomic E-state index is -0.258. The Hall–Kier alpha value is -1.00. The first-order valence-electron chi connectivity index (χ1n) is 7.25. The molecule has 4 heteroatoms. The molecular weight excluding hydrogens is 270 g/mol. The van der Waals surface area contributed by atoms with Crippen molar-refractivity contribution >= 4 is 17.7 Å². The van der Waals surface area contributed by atoms with Crippen molar-refractivity contribution in [3.8, 4) is 0 Å². The van der Waals surface area contributed by atoms with Gasteiger partial charge in [-0.15, -0.1) is 0 Å². The van der Waals surface area contributed by atoms with Gasteiger partial charge in [0.1, 0.15) is 0 Å². The van der Waals surface area contributed by atoms with Crippen molar-refractivity contribution in [3.63, 3.8) is 0 Å². The van der Waals surface area contributed by atoms with E-state index in [1.54, 1.807) is 11.8 Å². The molecule has 1 aromatic rings. The van der Waals surface area contributed by atoms with Gasteiger partial charge in [0.05, 0.1) is 6.10 Å². The number of hydrogen-bond acceptors (Lipinski definition) is 3. The highest BCUT2D eigenvalue weighted by atomic mass is 32.2. The number of hydrogen-bond donors (Lipinski definition) is 2. The Morgan fingerprint density at radius 3 is 2.95 bits per heavy atom. The summed E-state index contributed by atoms with van der Waals surface area (Å²) in [5.74, 6) is 1.09. The highest BCUT2D eigenvalue weighted by Gasteiger charge is 2.23. The van der Waals surface area contributed by atoms with Crippen molar-refractivity contribution in [1.82, 2.24) is 5.32 Å². The summed E-state index contributed by atoms with van der Waals surface area (Å²) in [7, 11) is 0. The molecule has 1 fully saturated rings. The summed E-state index contributed by atoms with van der Waals surface area (Å²) >= 11 is 1.75. The molecule has 110 valence electrons. The van der Waals surface area contributed by atoms with Crippen molar-refractivity contribution in [2.24, 2.45) is 5.92 Å². The van der Waals surface area contributed by atoms with Crippen molar-refractivity contribution in [2.75, 3.05) is 12.8 Å². The Labute approximate surface area is 125 Å². The van der Waals surface area contributed by atoms with Crippen LogP contribution in [0.5, 0.6) is 0 Å². The van der Waals surface area contributed by atoms with E-state index in [1.807, 2.05) is 24.3 Å². The third-order valence-corrected chi connectivity index (χ3v) is 4.52. The fourth-order valence-corrected chi connectivity index (χ4v) is 3.23. The molecule has 1 amide bonds. The Bertz CT molecular complexity index is 450. The second-order valence-electron chi connectivity index (χ2n) is 5.46. The van der Waals surface area contributed by atoms with E-state index in [0.717, 1.165) is 31.4 Å². The van der Waals surface area contributed by atoms with Crippen molar-refractivity contribution in [2.45, 2.75) is 37.5 Å². The number of aliphatic hydroxyl groups excluding tert-OH is 1. The first kappa shape index (κ1) is 15.4. The van der Waals surface area contributed by atoms with Gasteiger partial charge in [-0.25, -0.2) is 0 Å². The number of thioether (sulfide) groups is 1. The summed E-state index contributed by atoms with van der Waals surface area (Å²) in [6.07, 6.45) is 5.92. The minimum absolute atomic E-state index is 0.0364. The molecule has 2 atom stereocenters. The van der Waals surface area contributed by atoms with E-state index in [1.165, 1.54) is 5.56 Å². The summed E-state index contributed by atoms with van der Waals surface area (Å²) in [5.41, 5.74) is 1.88. The molecule has 2 rings (SSSR count). The largest absolute Gasteiger partial charge is 0.393 e. The van der Waals surface area contributed by atoms with Gasteiger partial charge in [-0.3, -0.25) is 4.79 Å². The molecule has 1 aliphatic carbocycles. The van der Waals surface area contributed by atoms with Crippen LogP contribution in [-0.4, -0.2) is 29.9 Å². The maximum atomic E-state index is 12.2. The standard InChI is InChI=1S/C16H23NO2S/c1-20-11-12-5-4-7-13(9-12)16(19)17-10-14-6-2-3-8-15(14)18/h4-5,7,9,14-15,18H,2-3,6,8,10-11H2,1H3,(H,17,19).